The van der Waals surface area contributed by atoms with E-state index in [2.05, 4.69) is 18.8 Å². The van der Waals surface area contributed by atoms with Crippen LogP contribution in [0.5, 0.6) is 0 Å². The summed E-state index contributed by atoms with van der Waals surface area (Å²) in [6.07, 6.45) is 0.839. The van der Waals surface area contributed by atoms with Crippen LogP contribution in [0.15, 0.2) is 18.2 Å². The zero-order valence-corrected chi connectivity index (χ0v) is 9.43. The maximum absolute atomic E-state index is 10.9. The van der Waals surface area contributed by atoms with Crippen molar-refractivity contribution in [2.24, 2.45) is 0 Å². The third-order valence-corrected chi connectivity index (χ3v) is 2.92. The first kappa shape index (κ1) is 10.2. The van der Waals surface area contributed by atoms with Gasteiger partial charge in [-0.25, -0.2) is 0 Å². The van der Waals surface area contributed by atoms with Crippen molar-refractivity contribution in [3.8, 4) is 0 Å². The minimum atomic E-state index is 0.324. The maximum atomic E-state index is 10.9. The van der Waals surface area contributed by atoms with Crippen LogP contribution in [0.25, 0.3) is 10.9 Å². The van der Waals surface area contributed by atoms with Gasteiger partial charge in [-0.2, -0.15) is 0 Å². The van der Waals surface area contributed by atoms with Crippen molar-refractivity contribution < 1.29 is 4.79 Å². The predicted molar refractivity (Wildman–Crippen MR) is 62.8 cm³/mol. The van der Waals surface area contributed by atoms with E-state index < -0.39 is 0 Å². The molecule has 0 amide bonds. The molecule has 78 valence electrons. The largest absolute Gasteiger partial charge is 0.357 e. The summed E-state index contributed by atoms with van der Waals surface area (Å²) in [7, 11) is 0. The molecule has 1 N–H and O–H groups in total. The average molecular weight is 222 g/mol. The monoisotopic (exact) mass is 221 g/mol. The van der Waals surface area contributed by atoms with Crippen LogP contribution in [0.2, 0.25) is 5.02 Å². The SMILES string of the molecule is CC(C)c1[nH]c2cccc(C=O)c2c1Cl. The zero-order chi connectivity index (χ0) is 11.0. The minimum absolute atomic E-state index is 0.324. The number of hydrogen-bond donors (Lipinski definition) is 1. The average Bonchev–Trinajstić information content (AvgIpc) is 2.56. The summed E-state index contributed by atoms with van der Waals surface area (Å²) in [6, 6.07) is 5.56. The third kappa shape index (κ3) is 1.55. The van der Waals surface area contributed by atoms with E-state index in [9.17, 15) is 4.79 Å². The highest BCUT2D eigenvalue weighted by Crippen LogP contribution is 2.33. The van der Waals surface area contributed by atoms with E-state index in [1.807, 2.05) is 12.1 Å². The summed E-state index contributed by atoms with van der Waals surface area (Å²) >= 11 is 6.25. The van der Waals surface area contributed by atoms with Crippen LogP contribution in [-0.4, -0.2) is 11.3 Å². The van der Waals surface area contributed by atoms with Crippen molar-refractivity contribution in [1.82, 2.24) is 4.98 Å². The van der Waals surface area contributed by atoms with E-state index in [1.165, 1.54) is 0 Å². The third-order valence-electron chi connectivity index (χ3n) is 2.53. The summed E-state index contributed by atoms with van der Waals surface area (Å²) in [5.74, 6) is 0.324. The highest BCUT2D eigenvalue weighted by atomic mass is 35.5. The fraction of sp³-hybridized carbons (Fsp3) is 0.250. The van der Waals surface area contributed by atoms with Gasteiger partial charge in [0.25, 0.3) is 0 Å². The van der Waals surface area contributed by atoms with Crippen LogP contribution in [0.3, 0.4) is 0 Å². The molecule has 0 aliphatic heterocycles. The van der Waals surface area contributed by atoms with Gasteiger partial charge in [0.05, 0.1) is 5.02 Å². The molecule has 0 saturated carbocycles. The molecule has 2 aromatic rings. The Morgan fingerprint density at radius 3 is 2.73 bits per heavy atom. The maximum Gasteiger partial charge on any atom is 0.150 e. The van der Waals surface area contributed by atoms with Crippen molar-refractivity contribution in [3.63, 3.8) is 0 Å². The lowest BCUT2D eigenvalue weighted by atomic mass is 10.1. The number of hydrogen-bond acceptors (Lipinski definition) is 1. The van der Waals surface area contributed by atoms with Gasteiger partial charge >= 0.3 is 0 Å². The molecule has 15 heavy (non-hydrogen) atoms. The van der Waals surface area contributed by atoms with Crippen LogP contribution >= 0.6 is 11.6 Å². The number of fused-ring (bicyclic) bond motifs is 1. The molecule has 3 heteroatoms. The molecule has 0 aliphatic carbocycles. The normalized spacial score (nSPS) is 11.2. The molecular formula is C12H12ClNO. The molecule has 0 radical (unpaired) electrons. The van der Waals surface area contributed by atoms with Gasteiger partial charge in [0.15, 0.2) is 6.29 Å². The minimum Gasteiger partial charge on any atom is -0.357 e. The Hall–Kier alpha value is -1.28. The molecule has 1 aromatic carbocycles. The van der Waals surface area contributed by atoms with Crippen LogP contribution in [0.4, 0.5) is 0 Å². The van der Waals surface area contributed by atoms with Gasteiger partial charge in [-0.05, 0) is 12.0 Å². The van der Waals surface area contributed by atoms with E-state index in [0.717, 1.165) is 22.9 Å². The van der Waals surface area contributed by atoms with Crippen LogP contribution in [-0.2, 0) is 0 Å². The molecule has 0 fully saturated rings. The highest BCUT2D eigenvalue weighted by Gasteiger charge is 2.14. The number of carbonyl (C=O) groups excluding carboxylic acids is 1. The van der Waals surface area contributed by atoms with Gasteiger partial charge in [-0.1, -0.05) is 37.6 Å². The second-order valence-electron chi connectivity index (χ2n) is 3.90. The van der Waals surface area contributed by atoms with Crippen molar-refractivity contribution in [2.45, 2.75) is 19.8 Å². The first-order valence-electron chi connectivity index (χ1n) is 4.90. The summed E-state index contributed by atoms with van der Waals surface area (Å²) in [4.78, 5) is 14.1. The number of rotatable bonds is 2. The topological polar surface area (TPSA) is 32.9 Å². The molecule has 0 bridgehead atoms. The smallest absolute Gasteiger partial charge is 0.150 e. The standard InChI is InChI=1S/C12H12ClNO/c1-7(2)12-11(13)10-8(6-15)4-3-5-9(10)14-12/h3-7,14H,1-2H3. The zero-order valence-electron chi connectivity index (χ0n) is 8.67. The van der Waals surface area contributed by atoms with Gasteiger partial charge in [0.2, 0.25) is 0 Å². The number of aromatic nitrogens is 1. The van der Waals surface area contributed by atoms with Gasteiger partial charge in [0, 0.05) is 22.2 Å². The quantitative estimate of drug-likeness (QED) is 0.770. The summed E-state index contributed by atoms with van der Waals surface area (Å²) < 4.78 is 0. The number of carbonyl (C=O) groups is 1. The number of benzene rings is 1. The molecule has 0 spiro atoms. The molecule has 0 atom stereocenters. The fourth-order valence-corrected chi connectivity index (χ4v) is 2.23. The Morgan fingerprint density at radius 2 is 2.13 bits per heavy atom. The molecule has 1 heterocycles. The van der Waals surface area contributed by atoms with Gasteiger partial charge < -0.3 is 4.98 Å². The number of aldehydes is 1. The Labute approximate surface area is 93.2 Å². The van der Waals surface area contributed by atoms with E-state index in [-0.39, 0.29) is 0 Å². The van der Waals surface area contributed by atoms with Crippen molar-refractivity contribution >= 4 is 28.8 Å². The van der Waals surface area contributed by atoms with Crippen LogP contribution in [0, 0.1) is 0 Å². The van der Waals surface area contributed by atoms with E-state index in [0.29, 0.717) is 16.5 Å². The van der Waals surface area contributed by atoms with Gasteiger partial charge in [0.1, 0.15) is 0 Å². The lowest BCUT2D eigenvalue weighted by molar-refractivity contribution is 0.112. The Bertz CT molecular complexity index is 514. The van der Waals surface area contributed by atoms with Crippen molar-refractivity contribution in [1.29, 1.82) is 0 Å². The fourth-order valence-electron chi connectivity index (χ4n) is 1.75. The predicted octanol–water partition coefficient (Wildman–Crippen LogP) is 3.76. The Morgan fingerprint density at radius 1 is 1.40 bits per heavy atom. The van der Waals surface area contributed by atoms with E-state index in [1.54, 1.807) is 6.07 Å². The van der Waals surface area contributed by atoms with E-state index >= 15 is 0 Å². The Balaban J connectivity index is 2.82. The second kappa shape index (κ2) is 3.70. The van der Waals surface area contributed by atoms with Gasteiger partial charge in [-0.15, -0.1) is 0 Å². The number of H-pyrrole nitrogens is 1. The number of halogens is 1. The molecule has 2 nitrogen and oxygen atoms in total. The molecule has 0 aliphatic rings. The molecule has 0 unspecified atom stereocenters. The van der Waals surface area contributed by atoms with Crippen LogP contribution < -0.4 is 0 Å². The summed E-state index contributed by atoms with van der Waals surface area (Å²) in [6.45, 7) is 4.13. The first-order chi connectivity index (χ1) is 7.15. The molecule has 2 rings (SSSR count). The molecular weight excluding hydrogens is 210 g/mol. The second-order valence-corrected chi connectivity index (χ2v) is 4.27. The lowest BCUT2D eigenvalue weighted by Crippen LogP contribution is -1.86. The number of aromatic amines is 1. The first-order valence-corrected chi connectivity index (χ1v) is 5.28. The summed E-state index contributed by atoms with van der Waals surface area (Å²) in [5.41, 5.74) is 2.55. The Kier molecular flexibility index (Phi) is 2.53. The highest BCUT2D eigenvalue weighted by molar-refractivity contribution is 6.37. The lowest BCUT2D eigenvalue weighted by Gasteiger charge is -2.01. The molecule has 0 saturated heterocycles. The van der Waals surface area contributed by atoms with Crippen molar-refractivity contribution in [3.05, 3.63) is 34.5 Å². The molecule has 1 aromatic heterocycles. The van der Waals surface area contributed by atoms with Gasteiger partial charge in [-0.3, -0.25) is 4.79 Å². The van der Waals surface area contributed by atoms with Crippen LogP contribution in [0.1, 0.15) is 35.8 Å². The van der Waals surface area contributed by atoms with E-state index in [4.69, 9.17) is 11.6 Å². The van der Waals surface area contributed by atoms with Crippen molar-refractivity contribution in [2.75, 3.05) is 0 Å². The summed E-state index contributed by atoms with van der Waals surface area (Å²) in [5, 5.41) is 1.50. The number of nitrogens with one attached hydrogen (secondary N) is 1.